The molecule has 0 spiro atoms. The van der Waals surface area contributed by atoms with E-state index in [1.807, 2.05) is 10.8 Å². The van der Waals surface area contributed by atoms with Crippen LogP contribution in [0.25, 0.3) is 0 Å². The van der Waals surface area contributed by atoms with Crippen LogP contribution < -0.4 is 0 Å². The topological polar surface area (TPSA) is 38.0 Å². The number of halogens is 1. The van der Waals surface area contributed by atoms with Crippen LogP contribution in [0.5, 0.6) is 0 Å². The van der Waals surface area contributed by atoms with Gasteiger partial charge in [0, 0.05) is 18.9 Å². The van der Waals surface area contributed by atoms with Crippen molar-refractivity contribution in [2.24, 2.45) is 0 Å². The van der Waals surface area contributed by atoms with Crippen LogP contribution in [-0.4, -0.2) is 14.7 Å². The molecule has 0 fully saturated rings. The monoisotopic (exact) mass is 248 g/mol. The molecule has 1 atom stereocenters. The fraction of sp³-hybridized carbons (Fsp3) is 0.357. The highest BCUT2D eigenvalue weighted by atomic mass is 19.1. The molecule has 1 unspecified atom stereocenters. The second kappa shape index (κ2) is 5.31. The van der Waals surface area contributed by atoms with Gasteiger partial charge in [-0.2, -0.15) is 0 Å². The van der Waals surface area contributed by atoms with E-state index in [9.17, 15) is 9.50 Å². The molecule has 0 aliphatic carbocycles. The smallest absolute Gasteiger partial charge is 0.142 e. The summed E-state index contributed by atoms with van der Waals surface area (Å²) in [6.07, 6.45) is 3.55. The first-order valence-electron chi connectivity index (χ1n) is 6.08. The lowest BCUT2D eigenvalue weighted by atomic mass is 10.1. The Morgan fingerprint density at radius 3 is 2.83 bits per heavy atom. The quantitative estimate of drug-likeness (QED) is 0.903. The molecule has 2 rings (SSSR count). The number of imidazole rings is 1. The Morgan fingerprint density at radius 1 is 1.39 bits per heavy atom. The number of aromatic nitrogens is 2. The molecule has 18 heavy (non-hydrogen) atoms. The molecule has 2 aromatic rings. The molecular formula is C14H17FN2O. The van der Waals surface area contributed by atoms with Crippen LogP contribution >= 0.6 is 0 Å². The zero-order valence-electron chi connectivity index (χ0n) is 10.6. The van der Waals surface area contributed by atoms with Crippen molar-refractivity contribution in [3.63, 3.8) is 0 Å². The Kier molecular flexibility index (Phi) is 3.77. The van der Waals surface area contributed by atoms with Crippen molar-refractivity contribution < 1.29 is 9.50 Å². The average molecular weight is 248 g/mol. The molecule has 96 valence electrons. The van der Waals surface area contributed by atoms with Crippen LogP contribution in [0.3, 0.4) is 0 Å². The average Bonchev–Trinajstić information content (AvgIpc) is 2.75. The van der Waals surface area contributed by atoms with Gasteiger partial charge in [-0.1, -0.05) is 13.0 Å². The molecule has 1 aromatic heterocycles. The molecule has 0 saturated carbocycles. The lowest BCUT2D eigenvalue weighted by Gasteiger charge is -2.13. The summed E-state index contributed by atoms with van der Waals surface area (Å²) in [5.74, 6) is 0.222. The predicted octanol–water partition coefficient (Wildman–Crippen LogP) is 2.82. The van der Waals surface area contributed by atoms with Crippen molar-refractivity contribution in [2.75, 3.05) is 0 Å². The third-order valence-corrected chi connectivity index (χ3v) is 2.84. The van der Waals surface area contributed by atoms with Gasteiger partial charge in [-0.15, -0.1) is 0 Å². The number of benzene rings is 1. The van der Waals surface area contributed by atoms with E-state index < -0.39 is 6.10 Å². The number of rotatable bonds is 4. The summed E-state index contributed by atoms with van der Waals surface area (Å²) in [4.78, 5) is 4.16. The van der Waals surface area contributed by atoms with Crippen LogP contribution in [0.15, 0.2) is 30.6 Å². The van der Waals surface area contributed by atoms with Gasteiger partial charge < -0.3 is 9.67 Å². The van der Waals surface area contributed by atoms with Crippen molar-refractivity contribution in [2.45, 2.75) is 32.9 Å². The highest BCUT2D eigenvalue weighted by molar-refractivity contribution is 5.28. The molecule has 0 amide bonds. The third-order valence-electron chi connectivity index (χ3n) is 2.84. The van der Waals surface area contributed by atoms with Crippen LogP contribution in [0.2, 0.25) is 0 Å². The van der Waals surface area contributed by atoms with Crippen LogP contribution in [-0.2, 0) is 6.54 Å². The van der Waals surface area contributed by atoms with Crippen LogP contribution in [0.4, 0.5) is 4.39 Å². The van der Waals surface area contributed by atoms with Crippen molar-refractivity contribution in [3.05, 3.63) is 53.4 Å². The SMILES string of the molecule is CCCn1ccnc1C(O)c1cc(C)cc(F)c1. The molecule has 0 bridgehead atoms. The van der Waals surface area contributed by atoms with Gasteiger partial charge in [-0.3, -0.25) is 0 Å². The maximum Gasteiger partial charge on any atom is 0.142 e. The van der Waals surface area contributed by atoms with Gasteiger partial charge >= 0.3 is 0 Å². The van der Waals surface area contributed by atoms with Crippen molar-refractivity contribution in [1.82, 2.24) is 9.55 Å². The van der Waals surface area contributed by atoms with Gasteiger partial charge in [0.15, 0.2) is 0 Å². The number of aliphatic hydroxyl groups is 1. The number of aliphatic hydroxyl groups excluding tert-OH is 1. The van der Waals surface area contributed by atoms with Gasteiger partial charge in [-0.05, 0) is 36.6 Å². The van der Waals surface area contributed by atoms with E-state index in [0.717, 1.165) is 18.5 Å². The number of aryl methyl sites for hydroxylation is 2. The van der Waals surface area contributed by atoms with Gasteiger partial charge in [0.05, 0.1) is 0 Å². The number of hydrogen-bond acceptors (Lipinski definition) is 2. The first kappa shape index (κ1) is 12.8. The second-order valence-electron chi connectivity index (χ2n) is 4.44. The van der Waals surface area contributed by atoms with E-state index in [1.165, 1.54) is 12.1 Å². The van der Waals surface area contributed by atoms with Gasteiger partial charge in [0.25, 0.3) is 0 Å². The van der Waals surface area contributed by atoms with Crippen molar-refractivity contribution >= 4 is 0 Å². The molecule has 0 saturated heterocycles. The molecule has 0 radical (unpaired) electrons. The third kappa shape index (κ3) is 2.59. The minimum atomic E-state index is -0.888. The predicted molar refractivity (Wildman–Crippen MR) is 67.7 cm³/mol. The molecule has 1 heterocycles. The molecule has 0 aliphatic heterocycles. The van der Waals surface area contributed by atoms with Crippen LogP contribution in [0.1, 0.15) is 36.4 Å². The standard InChI is InChI=1S/C14H17FN2O/c1-3-5-17-6-4-16-14(17)13(18)11-7-10(2)8-12(15)9-11/h4,6-9,13,18H,3,5H2,1-2H3. The first-order chi connectivity index (χ1) is 8.61. The number of hydrogen-bond donors (Lipinski definition) is 1. The molecular weight excluding hydrogens is 231 g/mol. The molecule has 3 nitrogen and oxygen atoms in total. The normalized spacial score (nSPS) is 12.7. The van der Waals surface area contributed by atoms with Gasteiger partial charge in [0.1, 0.15) is 17.7 Å². The van der Waals surface area contributed by atoms with Gasteiger partial charge in [-0.25, -0.2) is 9.37 Å². The minimum absolute atomic E-state index is 0.336. The van der Waals surface area contributed by atoms with E-state index >= 15 is 0 Å². The summed E-state index contributed by atoms with van der Waals surface area (Å²) in [6.45, 7) is 4.65. The zero-order chi connectivity index (χ0) is 13.1. The zero-order valence-corrected chi connectivity index (χ0v) is 10.6. The summed E-state index contributed by atoms with van der Waals surface area (Å²) < 4.78 is 15.2. The van der Waals surface area contributed by atoms with Crippen molar-refractivity contribution in [1.29, 1.82) is 0 Å². The van der Waals surface area contributed by atoms with Crippen molar-refractivity contribution in [3.8, 4) is 0 Å². The second-order valence-corrected chi connectivity index (χ2v) is 4.44. The summed E-state index contributed by atoms with van der Waals surface area (Å²) in [5.41, 5.74) is 1.33. The van der Waals surface area contributed by atoms with E-state index in [1.54, 1.807) is 19.2 Å². The van der Waals surface area contributed by atoms with Crippen LogP contribution in [0, 0.1) is 12.7 Å². The summed E-state index contributed by atoms with van der Waals surface area (Å²) in [5, 5.41) is 10.3. The van der Waals surface area contributed by atoms with E-state index in [2.05, 4.69) is 11.9 Å². The highest BCUT2D eigenvalue weighted by Gasteiger charge is 2.16. The minimum Gasteiger partial charge on any atom is -0.380 e. The summed E-state index contributed by atoms with van der Waals surface area (Å²) in [6, 6.07) is 4.57. The molecule has 1 N–H and O–H groups in total. The Balaban J connectivity index is 2.34. The maximum atomic E-state index is 13.3. The van der Waals surface area contributed by atoms with E-state index in [-0.39, 0.29) is 5.82 Å². The van der Waals surface area contributed by atoms with Gasteiger partial charge in [0.2, 0.25) is 0 Å². The first-order valence-corrected chi connectivity index (χ1v) is 6.08. The molecule has 4 heteroatoms. The molecule has 0 aliphatic rings. The maximum absolute atomic E-state index is 13.3. The van der Waals surface area contributed by atoms with E-state index in [0.29, 0.717) is 11.4 Å². The fourth-order valence-corrected chi connectivity index (χ4v) is 2.07. The fourth-order valence-electron chi connectivity index (χ4n) is 2.07. The highest BCUT2D eigenvalue weighted by Crippen LogP contribution is 2.22. The Labute approximate surface area is 106 Å². The largest absolute Gasteiger partial charge is 0.380 e. The Hall–Kier alpha value is -1.68. The lowest BCUT2D eigenvalue weighted by Crippen LogP contribution is -2.10. The lowest BCUT2D eigenvalue weighted by molar-refractivity contribution is 0.203. The Bertz CT molecular complexity index is 516. The van der Waals surface area contributed by atoms with E-state index in [4.69, 9.17) is 0 Å². The summed E-state index contributed by atoms with van der Waals surface area (Å²) >= 11 is 0. The molecule has 1 aromatic carbocycles. The summed E-state index contributed by atoms with van der Waals surface area (Å²) in [7, 11) is 0. The number of nitrogens with zero attached hydrogens (tertiary/aromatic N) is 2. The Morgan fingerprint density at radius 2 is 2.17 bits per heavy atom.